The van der Waals surface area contributed by atoms with E-state index in [1.54, 1.807) is 0 Å². The molecule has 1 aromatic rings. The van der Waals surface area contributed by atoms with Crippen molar-refractivity contribution < 1.29 is 9.52 Å². The first kappa shape index (κ1) is 8.30. The molecule has 1 heterocycles. The van der Waals surface area contributed by atoms with Crippen LogP contribution >= 0.6 is 0 Å². The molecule has 0 aliphatic heterocycles. The molecule has 0 spiro atoms. The molecular weight excluding hydrogens is 142 g/mol. The van der Waals surface area contributed by atoms with Crippen molar-refractivity contribution in [3.63, 3.8) is 0 Å². The molecular formula is C8H13NO2. The van der Waals surface area contributed by atoms with E-state index in [4.69, 9.17) is 15.3 Å². The molecule has 11 heavy (non-hydrogen) atoms. The minimum Gasteiger partial charge on any atom is -0.464 e. The van der Waals surface area contributed by atoms with Crippen molar-refractivity contribution in [2.45, 2.75) is 19.9 Å². The van der Waals surface area contributed by atoms with Gasteiger partial charge in [0.05, 0.1) is 12.6 Å². The van der Waals surface area contributed by atoms with Crippen LogP contribution in [-0.4, -0.2) is 11.7 Å². The van der Waals surface area contributed by atoms with Gasteiger partial charge < -0.3 is 15.3 Å². The van der Waals surface area contributed by atoms with Crippen molar-refractivity contribution in [3.05, 3.63) is 23.2 Å². The summed E-state index contributed by atoms with van der Waals surface area (Å²) in [6, 6.07) is 1.52. The zero-order valence-electron chi connectivity index (χ0n) is 6.79. The molecule has 0 saturated carbocycles. The lowest BCUT2D eigenvalue weighted by atomic mass is 10.2. The highest BCUT2D eigenvalue weighted by Gasteiger charge is 2.11. The van der Waals surface area contributed by atoms with Gasteiger partial charge in [0.25, 0.3) is 0 Å². The van der Waals surface area contributed by atoms with Crippen molar-refractivity contribution >= 4 is 0 Å². The molecule has 1 aromatic heterocycles. The lowest BCUT2D eigenvalue weighted by Gasteiger charge is -2.04. The molecule has 1 atom stereocenters. The van der Waals surface area contributed by atoms with Crippen molar-refractivity contribution in [2.75, 3.05) is 6.61 Å². The van der Waals surface area contributed by atoms with Gasteiger partial charge in [0, 0.05) is 0 Å². The molecule has 62 valence electrons. The third-order valence-corrected chi connectivity index (χ3v) is 1.61. The maximum absolute atomic E-state index is 8.74. The number of nitrogens with two attached hydrogens (primary N) is 1. The van der Waals surface area contributed by atoms with Crippen molar-refractivity contribution in [1.82, 2.24) is 0 Å². The maximum Gasteiger partial charge on any atom is 0.126 e. The number of rotatable bonds is 2. The van der Waals surface area contributed by atoms with Gasteiger partial charge in [0.2, 0.25) is 0 Å². The van der Waals surface area contributed by atoms with Gasteiger partial charge in [0.1, 0.15) is 11.5 Å². The standard InChI is InChI=1S/C8H13NO2/c1-5-3-6(2)11-8(5)7(9)4-10/h3,7,10H,4,9H2,1-2H3. The summed E-state index contributed by atoms with van der Waals surface area (Å²) in [5.74, 6) is 1.52. The summed E-state index contributed by atoms with van der Waals surface area (Å²) in [6.45, 7) is 3.70. The first-order chi connectivity index (χ1) is 5.15. The summed E-state index contributed by atoms with van der Waals surface area (Å²) in [6.07, 6.45) is 0. The summed E-state index contributed by atoms with van der Waals surface area (Å²) < 4.78 is 5.28. The van der Waals surface area contributed by atoms with Crippen molar-refractivity contribution in [1.29, 1.82) is 0 Å². The molecule has 0 radical (unpaired) electrons. The van der Waals surface area contributed by atoms with E-state index < -0.39 is 0 Å². The third kappa shape index (κ3) is 1.61. The zero-order chi connectivity index (χ0) is 8.43. The number of aryl methyl sites for hydroxylation is 2. The minimum absolute atomic E-state index is 0.0756. The molecule has 0 fully saturated rings. The SMILES string of the molecule is Cc1cc(C)c(C(N)CO)o1. The number of aliphatic hydroxyl groups excluding tert-OH is 1. The van der Waals surface area contributed by atoms with E-state index in [9.17, 15) is 0 Å². The van der Waals surface area contributed by atoms with Crippen LogP contribution in [0.1, 0.15) is 23.1 Å². The molecule has 0 aliphatic rings. The second-order valence-corrected chi connectivity index (χ2v) is 2.69. The highest BCUT2D eigenvalue weighted by atomic mass is 16.3. The normalized spacial score (nSPS) is 13.5. The van der Waals surface area contributed by atoms with Crippen LogP contribution < -0.4 is 5.73 Å². The largest absolute Gasteiger partial charge is 0.464 e. The summed E-state index contributed by atoms with van der Waals surface area (Å²) in [4.78, 5) is 0. The first-order valence-electron chi connectivity index (χ1n) is 3.58. The Bertz CT molecular complexity index is 242. The van der Waals surface area contributed by atoms with Gasteiger partial charge in [-0.25, -0.2) is 0 Å². The predicted octanol–water partition coefficient (Wildman–Crippen LogP) is 0.889. The van der Waals surface area contributed by atoms with E-state index in [0.717, 1.165) is 11.3 Å². The van der Waals surface area contributed by atoms with Crippen LogP contribution in [-0.2, 0) is 0 Å². The second kappa shape index (κ2) is 3.07. The molecule has 1 unspecified atom stereocenters. The highest BCUT2D eigenvalue weighted by molar-refractivity contribution is 5.21. The fourth-order valence-corrected chi connectivity index (χ4v) is 1.11. The van der Waals surface area contributed by atoms with Crippen LogP contribution in [0, 0.1) is 13.8 Å². The quantitative estimate of drug-likeness (QED) is 0.666. The Morgan fingerprint density at radius 1 is 1.64 bits per heavy atom. The van der Waals surface area contributed by atoms with E-state index in [2.05, 4.69) is 0 Å². The molecule has 0 aliphatic carbocycles. The zero-order valence-corrected chi connectivity index (χ0v) is 6.79. The summed E-state index contributed by atoms with van der Waals surface area (Å²) in [5, 5.41) is 8.74. The number of furan rings is 1. The Labute approximate surface area is 65.8 Å². The maximum atomic E-state index is 8.74. The van der Waals surface area contributed by atoms with Crippen LogP contribution in [0.3, 0.4) is 0 Å². The topological polar surface area (TPSA) is 59.4 Å². The Balaban J connectivity index is 2.93. The van der Waals surface area contributed by atoms with Gasteiger partial charge in [-0.15, -0.1) is 0 Å². The Morgan fingerprint density at radius 2 is 2.27 bits per heavy atom. The van der Waals surface area contributed by atoms with Crippen LogP contribution in [0.2, 0.25) is 0 Å². The van der Waals surface area contributed by atoms with Gasteiger partial charge in [-0.05, 0) is 25.5 Å². The van der Waals surface area contributed by atoms with Crippen molar-refractivity contribution in [3.8, 4) is 0 Å². The summed E-state index contributed by atoms with van der Waals surface area (Å²) in [7, 11) is 0. The molecule has 3 heteroatoms. The van der Waals surface area contributed by atoms with Crippen LogP contribution in [0.15, 0.2) is 10.5 Å². The Hall–Kier alpha value is -0.800. The lowest BCUT2D eigenvalue weighted by molar-refractivity contribution is 0.250. The second-order valence-electron chi connectivity index (χ2n) is 2.69. The predicted molar refractivity (Wildman–Crippen MR) is 42.2 cm³/mol. The summed E-state index contributed by atoms with van der Waals surface area (Å²) in [5.41, 5.74) is 6.57. The molecule has 0 amide bonds. The molecule has 3 nitrogen and oxygen atoms in total. The van der Waals surface area contributed by atoms with Crippen LogP contribution in [0.5, 0.6) is 0 Å². The number of aliphatic hydroxyl groups is 1. The first-order valence-corrected chi connectivity index (χ1v) is 3.58. The number of hydrogen-bond donors (Lipinski definition) is 2. The molecule has 0 aromatic carbocycles. The van der Waals surface area contributed by atoms with E-state index >= 15 is 0 Å². The molecule has 0 saturated heterocycles. The Kier molecular flexibility index (Phi) is 2.31. The van der Waals surface area contributed by atoms with Crippen LogP contribution in [0.25, 0.3) is 0 Å². The molecule has 1 rings (SSSR count). The minimum atomic E-state index is -0.385. The lowest BCUT2D eigenvalue weighted by Crippen LogP contribution is -2.14. The smallest absolute Gasteiger partial charge is 0.126 e. The van der Waals surface area contributed by atoms with Crippen molar-refractivity contribution in [2.24, 2.45) is 5.73 Å². The van der Waals surface area contributed by atoms with Gasteiger partial charge in [-0.3, -0.25) is 0 Å². The van der Waals surface area contributed by atoms with E-state index in [1.807, 2.05) is 19.9 Å². The fraction of sp³-hybridized carbons (Fsp3) is 0.500. The molecule has 0 bridgehead atoms. The van der Waals surface area contributed by atoms with Gasteiger partial charge in [-0.2, -0.15) is 0 Å². The van der Waals surface area contributed by atoms with Crippen LogP contribution in [0.4, 0.5) is 0 Å². The number of hydrogen-bond acceptors (Lipinski definition) is 3. The van der Waals surface area contributed by atoms with E-state index in [1.165, 1.54) is 0 Å². The average Bonchev–Trinajstić information content (AvgIpc) is 2.28. The molecule has 3 N–H and O–H groups in total. The van der Waals surface area contributed by atoms with Gasteiger partial charge in [-0.1, -0.05) is 0 Å². The Morgan fingerprint density at radius 3 is 2.64 bits per heavy atom. The monoisotopic (exact) mass is 155 g/mol. The fourth-order valence-electron chi connectivity index (χ4n) is 1.11. The summed E-state index contributed by atoms with van der Waals surface area (Å²) >= 11 is 0. The third-order valence-electron chi connectivity index (χ3n) is 1.61. The van der Waals surface area contributed by atoms with E-state index in [0.29, 0.717) is 5.76 Å². The average molecular weight is 155 g/mol. The highest BCUT2D eigenvalue weighted by Crippen LogP contribution is 2.18. The van der Waals surface area contributed by atoms with E-state index in [-0.39, 0.29) is 12.6 Å². The van der Waals surface area contributed by atoms with Gasteiger partial charge >= 0.3 is 0 Å². The van der Waals surface area contributed by atoms with Gasteiger partial charge in [0.15, 0.2) is 0 Å².